The Hall–Kier alpha value is -3.12. The van der Waals surface area contributed by atoms with Gasteiger partial charge in [0.1, 0.15) is 19.0 Å². The van der Waals surface area contributed by atoms with E-state index >= 15 is 0 Å². The second kappa shape index (κ2) is 8.12. The summed E-state index contributed by atoms with van der Waals surface area (Å²) in [5.41, 5.74) is 2.77. The molecule has 25 heavy (non-hydrogen) atoms. The van der Waals surface area contributed by atoms with Crippen LogP contribution in [0.5, 0.6) is 5.75 Å². The minimum atomic E-state index is -0.187. The Balaban J connectivity index is 1.54. The summed E-state index contributed by atoms with van der Waals surface area (Å²) in [6.07, 6.45) is 3.65. The second-order valence-corrected chi connectivity index (χ2v) is 5.41. The van der Waals surface area contributed by atoms with Crippen LogP contribution in [0, 0.1) is 0 Å². The molecule has 0 unspecified atom stereocenters. The molecule has 0 spiro atoms. The molecule has 0 radical (unpaired) electrons. The first kappa shape index (κ1) is 16.7. The van der Waals surface area contributed by atoms with E-state index in [4.69, 9.17) is 9.47 Å². The smallest absolute Gasteiger partial charge is 0.250 e. The number of rotatable bonds is 7. The highest BCUT2D eigenvalue weighted by Gasteiger charge is 2.02. The highest BCUT2D eigenvalue weighted by Crippen LogP contribution is 2.17. The fourth-order valence-electron chi connectivity index (χ4n) is 2.30. The molecule has 0 saturated heterocycles. The predicted octanol–water partition coefficient (Wildman–Crippen LogP) is 3.04. The SMILES string of the molecule is COCC(=O)Nc1ccc(OCc2ccc(-n3cccn3)cc2)cc1. The fraction of sp³-hybridized carbons (Fsp3) is 0.158. The molecular formula is C19H19N3O3. The van der Waals surface area contributed by atoms with E-state index in [1.807, 2.05) is 48.7 Å². The molecule has 0 bridgehead atoms. The lowest BCUT2D eigenvalue weighted by Gasteiger charge is -2.09. The summed E-state index contributed by atoms with van der Waals surface area (Å²) < 4.78 is 12.4. The van der Waals surface area contributed by atoms with Crippen molar-refractivity contribution in [1.82, 2.24) is 9.78 Å². The van der Waals surface area contributed by atoms with Crippen molar-refractivity contribution in [2.75, 3.05) is 19.0 Å². The van der Waals surface area contributed by atoms with Crippen molar-refractivity contribution in [1.29, 1.82) is 0 Å². The van der Waals surface area contributed by atoms with Crippen LogP contribution in [0.2, 0.25) is 0 Å². The van der Waals surface area contributed by atoms with E-state index in [0.29, 0.717) is 12.3 Å². The molecule has 6 nitrogen and oxygen atoms in total. The van der Waals surface area contributed by atoms with Gasteiger partial charge in [0.05, 0.1) is 5.69 Å². The predicted molar refractivity (Wildman–Crippen MR) is 94.8 cm³/mol. The van der Waals surface area contributed by atoms with Gasteiger partial charge in [-0.15, -0.1) is 0 Å². The number of amides is 1. The van der Waals surface area contributed by atoms with Gasteiger partial charge < -0.3 is 14.8 Å². The Labute approximate surface area is 146 Å². The van der Waals surface area contributed by atoms with Crippen molar-refractivity contribution in [3.8, 4) is 11.4 Å². The first-order valence-corrected chi connectivity index (χ1v) is 7.85. The number of nitrogens with one attached hydrogen (secondary N) is 1. The van der Waals surface area contributed by atoms with Crippen molar-refractivity contribution in [3.63, 3.8) is 0 Å². The minimum absolute atomic E-state index is 0.0345. The van der Waals surface area contributed by atoms with Crippen LogP contribution in [0.3, 0.4) is 0 Å². The zero-order chi connectivity index (χ0) is 17.5. The molecule has 128 valence electrons. The summed E-state index contributed by atoms with van der Waals surface area (Å²) in [7, 11) is 1.48. The molecule has 2 aromatic carbocycles. The Morgan fingerprint density at radius 3 is 2.52 bits per heavy atom. The number of ether oxygens (including phenoxy) is 2. The Morgan fingerprint density at radius 2 is 1.88 bits per heavy atom. The number of hydrogen-bond acceptors (Lipinski definition) is 4. The summed E-state index contributed by atoms with van der Waals surface area (Å²) in [5, 5.41) is 6.93. The monoisotopic (exact) mass is 337 g/mol. The van der Waals surface area contributed by atoms with Gasteiger partial charge in [-0.05, 0) is 48.0 Å². The van der Waals surface area contributed by atoms with E-state index in [0.717, 1.165) is 17.0 Å². The summed E-state index contributed by atoms with van der Waals surface area (Å²) in [6, 6.07) is 17.1. The molecule has 3 aromatic rings. The quantitative estimate of drug-likeness (QED) is 0.720. The van der Waals surface area contributed by atoms with Crippen molar-refractivity contribution in [2.24, 2.45) is 0 Å². The molecule has 1 N–H and O–H groups in total. The number of carbonyl (C=O) groups is 1. The van der Waals surface area contributed by atoms with Gasteiger partial charge in [-0.25, -0.2) is 4.68 Å². The maximum atomic E-state index is 11.4. The van der Waals surface area contributed by atoms with Crippen LogP contribution in [0.15, 0.2) is 67.0 Å². The minimum Gasteiger partial charge on any atom is -0.489 e. The number of hydrogen-bond donors (Lipinski definition) is 1. The van der Waals surface area contributed by atoms with Crippen LogP contribution >= 0.6 is 0 Å². The van der Waals surface area contributed by atoms with Crippen molar-refractivity contribution in [2.45, 2.75) is 6.61 Å². The third-order valence-corrected chi connectivity index (χ3v) is 3.52. The van der Waals surface area contributed by atoms with Crippen molar-refractivity contribution in [3.05, 3.63) is 72.6 Å². The Bertz CT molecular complexity index is 797. The number of aromatic nitrogens is 2. The molecule has 0 aliphatic rings. The van der Waals surface area contributed by atoms with Gasteiger partial charge in [0.15, 0.2) is 0 Å². The van der Waals surface area contributed by atoms with Gasteiger partial charge in [-0.3, -0.25) is 4.79 Å². The highest BCUT2D eigenvalue weighted by molar-refractivity contribution is 5.91. The van der Waals surface area contributed by atoms with E-state index in [-0.39, 0.29) is 12.5 Å². The van der Waals surface area contributed by atoms with Crippen LogP contribution in [0.1, 0.15) is 5.56 Å². The standard InChI is InChI=1S/C19H19N3O3/c1-24-14-19(23)21-16-5-9-18(10-6-16)25-13-15-3-7-17(8-4-15)22-12-2-11-20-22/h2-12H,13-14H2,1H3,(H,21,23). The van der Waals surface area contributed by atoms with Crippen LogP contribution in [-0.2, 0) is 16.1 Å². The first-order chi connectivity index (χ1) is 12.2. The lowest BCUT2D eigenvalue weighted by atomic mass is 10.2. The van der Waals surface area contributed by atoms with E-state index in [1.165, 1.54) is 7.11 Å². The van der Waals surface area contributed by atoms with Gasteiger partial charge in [-0.2, -0.15) is 5.10 Å². The summed E-state index contributed by atoms with van der Waals surface area (Å²) in [6.45, 7) is 0.502. The van der Waals surface area contributed by atoms with Gasteiger partial charge in [-0.1, -0.05) is 12.1 Å². The molecule has 3 rings (SSSR count). The summed E-state index contributed by atoms with van der Waals surface area (Å²) in [4.78, 5) is 11.4. The molecule has 1 aromatic heterocycles. The number of benzene rings is 2. The first-order valence-electron chi connectivity index (χ1n) is 7.85. The fourth-order valence-corrected chi connectivity index (χ4v) is 2.30. The summed E-state index contributed by atoms with van der Waals surface area (Å²) in [5.74, 6) is 0.550. The Morgan fingerprint density at radius 1 is 1.12 bits per heavy atom. The lowest BCUT2D eigenvalue weighted by Crippen LogP contribution is -2.16. The largest absolute Gasteiger partial charge is 0.489 e. The third kappa shape index (κ3) is 4.68. The third-order valence-electron chi connectivity index (χ3n) is 3.52. The average molecular weight is 337 g/mol. The maximum Gasteiger partial charge on any atom is 0.250 e. The van der Waals surface area contributed by atoms with Crippen LogP contribution < -0.4 is 10.1 Å². The molecule has 0 saturated carbocycles. The van der Waals surface area contributed by atoms with E-state index < -0.39 is 0 Å². The molecule has 0 atom stereocenters. The second-order valence-electron chi connectivity index (χ2n) is 5.41. The molecular weight excluding hydrogens is 318 g/mol. The maximum absolute atomic E-state index is 11.4. The normalized spacial score (nSPS) is 10.4. The zero-order valence-corrected chi connectivity index (χ0v) is 13.9. The van der Waals surface area contributed by atoms with E-state index in [1.54, 1.807) is 23.0 Å². The summed E-state index contributed by atoms with van der Waals surface area (Å²) >= 11 is 0. The van der Waals surface area contributed by atoms with Crippen LogP contribution in [0.4, 0.5) is 5.69 Å². The van der Waals surface area contributed by atoms with Crippen LogP contribution in [-0.4, -0.2) is 29.4 Å². The van der Waals surface area contributed by atoms with Gasteiger partial charge in [0.25, 0.3) is 0 Å². The Kier molecular flexibility index (Phi) is 5.43. The number of carbonyl (C=O) groups excluding carboxylic acids is 1. The number of nitrogens with zero attached hydrogens (tertiary/aromatic N) is 2. The lowest BCUT2D eigenvalue weighted by molar-refractivity contribution is -0.119. The van der Waals surface area contributed by atoms with Gasteiger partial charge >= 0.3 is 0 Å². The molecule has 0 aliphatic carbocycles. The number of anilines is 1. The average Bonchev–Trinajstić information content (AvgIpc) is 3.16. The molecule has 1 heterocycles. The topological polar surface area (TPSA) is 65.4 Å². The molecule has 6 heteroatoms. The van der Waals surface area contributed by atoms with Crippen molar-refractivity contribution >= 4 is 11.6 Å². The number of methoxy groups -OCH3 is 1. The van der Waals surface area contributed by atoms with Gasteiger partial charge in [0.2, 0.25) is 5.91 Å². The highest BCUT2D eigenvalue weighted by atomic mass is 16.5. The van der Waals surface area contributed by atoms with Crippen LogP contribution in [0.25, 0.3) is 5.69 Å². The molecule has 0 fully saturated rings. The van der Waals surface area contributed by atoms with Crippen molar-refractivity contribution < 1.29 is 14.3 Å². The zero-order valence-electron chi connectivity index (χ0n) is 13.9. The van der Waals surface area contributed by atoms with E-state index in [2.05, 4.69) is 10.4 Å². The molecule has 0 aliphatic heterocycles. The van der Waals surface area contributed by atoms with Gasteiger partial charge in [0, 0.05) is 25.2 Å². The molecule has 1 amide bonds. The van der Waals surface area contributed by atoms with E-state index in [9.17, 15) is 4.79 Å².